The lowest BCUT2D eigenvalue weighted by molar-refractivity contribution is -0.113. The van der Waals surface area contributed by atoms with Crippen LogP contribution < -0.4 is 14.2 Å². The van der Waals surface area contributed by atoms with E-state index in [-0.39, 0.29) is 27.1 Å². The number of rotatable bonds is 4. The Kier molecular flexibility index (Phi) is 4.78. The van der Waals surface area contributed by atoms with Gasteiger partial charge in [0.15, 0.2) is 17.3 Å². The van der Waals surface area contributed by atoms with Crippen molar-refractivity contribution in [3.05, 3.63) is 33.8 Å². The Morgan fingerprint density at radius 3 is 2.09 bits per heavy atom. The normalized spacial score (nSPS) is 14.9. The van der Waals surface area contributed by atoms with E-state index in [1.54, 1.807) is 12.1 Å². The topological polar surface area (TPSA) is 61.8 Å². The van der Waals surface area contributed by atoms with Crippen LogP contribution in [0.5, 0.6) is 17.2 Å². The molecule has 0 amide bonds. The zero-order chi connectivity index (χ0) is 16.4. The van der Waals surface area contributed by atoms with Crippen molar-refractivity contribution in [3.8, 4) is 17.2 Å². The van der Waals surface area contributed by atoms with Crippen LogP contribution in [0, 0.1) is 0 Å². The second-order valence-corrected chi connectivity index (χ2v) is 5.04. The van der Waals surface area contributed by atoms with Crippen LogP contribution in [0.1, 0.15) is 5.56 Å². The number of Topliss-reactive ketones (excluding diaryl/α,β-unsaturated/α-hetero) is 1. The van der Waals surface area contributed by atoms with Crippen LogP contribution >= 0.6 is 23.2 Å². The van der Waals surface area contributed by atoms with Gasteiger partial charge in [0.2, 0.25) is 11.5 Å². The van der Waals surface area contributed by atoms with Crippen molar-refractivity contribution < 1.29 is 23.8 Å². The van der Waals surface area contributed by atoms with E-state index >= 15 is 0 Å². The molecule has 0 unspecified atom stereocenters. The fraction of sp³-hybridized carbons (Fsp3) is 0.200. The molecule has 0 radical (unpaired) electrons. The van der Waals surface area contributed by atoms with E-state index in [1.165, 1.54) is 21.3 Å². The van der Waals surface area contributed by atoms with Gasteiger partial charge < -0.3 is 14.2 Å². The fourth-order valence-electron chi connectivity index (χ4n) is 2.12. The van der Waals surface area contributed by atoms with Gasteiger partial charge in [0, 0.05) is 11.6 Å². The molecule has 7 heteroatoms. The quantitative estimate of drug-likeness (QED) is 0.787. The van der Waals surface area contributed by atoms with E-state index in [0.717, 1.165) is 6.08 Å². The number of hydrogen-bond acceptors (Lipinski definition) is 5. The molecule has 0 atom stereocenters. The first-order valence-corrected chi connectivity index (χ1v) is 6.87. The van der Waals surface area contributed by atoms with Gasteiger partial charge in [0.1, 0.15) is 0 Å². The van der Waals surface area contributed by atoms with Crippen LogP contribution in [0.4, 0.5) is 0 Å². The molecule has 5 nitrogen and oxygen atoms in total. The molecule has 0 fully saturated rings. The molecule has 0 aromatic heterocycles. The van der Waals surface area contributed by atoms with Gasteiger partial charge in [0.05, 0.1) is 37.0 Å². The largest absolute Gasteiger partial charge is 0.493 e. The smallest absolute Gasteiger partial charge is 0.206 e. The average molecular weight is 343 g/mol. The highest BCUT2D eigenvalue weighted by Gasteiger charge is 2.31. The number of carbonyl (C=O) groups excluding carboxylic acids is 2. The van der Waals surface area contributed by atoms with Crippen LogP contribution in [0.15, 0.2) is 28.3 Å². The molecule has 1 aliphatic rings. The predicted molar refractivity (Wildman–Crippen MR) is 82.8 cm³/mol. The van der Waals surface area contributed by atoms with Crippen LogP contribution in [0.2, 0.25) is 0 Å². The Labute approximate surface area is 137 Å². The van der Waals surface area contributed by atoms with E-state index in [9.17, 15) is 9.59 Å². The number of carbonyl (C=O) groups is 2. The van der Waals surface area contributed by atoms with Crippen molar-refractivity contribution in [1.29, 1.82) is 0 Å². The number of halogens is 2. The lowest BCUT2D eigenvalue weighted by atomic mass is 9.94. The summed E-state index contributed by atoms with van der Waals surface area (Å²) in [6.45, 7) is 0. The van der Waals surface area contributed by atoms with E-state index in [0.29, 0.717) is 11.3 Å². The van der Waals surface area contributed by atoms with Gasteiger partial charge in [-0.3, -0.25) is 9.59 Å². The summed E-state index contributed by atoms with van der Waals surface area (Å²) in [5, 5.41) is -0.429. The molecule has 1 aromatic rings. The Balaban J connectivity index is 2.74. The molecular formula is C15H12Cl2O5. The first kappa shape index (κ1) is 16.4. The summed E-state index contributed by atoms with van der Waals surface area (Å²) in [5.74, 6) is -0.182. The van der Waals surface area contributed by atoms with Crippen LogP contribution in [-0.2, 0) is 9.59 Å². The molecule has 22 heavy (non-hydrogen) atoms. The summed E-state index contributed by atoms with van der Waals surface area (Å²) in [4.78, 5) is 24.1. The standard InChI is InChI=1S/C15H12Cl2O5/c1-20-10-5-4-7(14(21-2)15(10)22-3)11-12(17)9(18)6-8(16)13(11)19/h4-6H,1-3H3. The van der Waals surface area contributed by atoms with Crippen LogP contribution in [0.25, 0.3) is 5.57 Å². The zero-order valence-corrected chi connectivity index (χ0v) is 13.5. The summed E-state index contributed by atoms with van der Waals surface area (Å²) in [6, 6.07) is 3.14. The molecular weight excluding hydrogens is 331 g/mol. The maximum atomic E-state index is 12.3. The Morgan fingerprint density at radius 1 is 0.909 bits per heavy atom. The number of benzene rings is 1. The minimum Gasteiger partial charge on any atom is -0.493 e. The first-order chi connectivity index (χ1) is 10.5. The van der Waals surface area contributed by atoms with E-state index in [2.05, 4.69) is 0 Å². The highest BCUT2D eigenvalue weighted by molar-refractivity contribution is 6.62. The minimum absolute atomic E-state index is 0.0306. The highest BCUT2D eigenvalue weighted by atomic mass is 35.5. The third-order valence-corrected chi connectivity index (χ3v) is 3.77. The van der Waals surface area contributed by atoms with Gasteiger partial charge in [-0.2, -0.15) is 0 Å². The van der Waals surface area contributed by atoms with Crippen molar-refractivity contribution in [2.45, 2.75) is 0 Å². The minimum atomic E-state index is -0.559. The summed E-state index contributed by atoms with van der Waals surface area (Å²) in [7, 11) is 4.31. The Morgan fingerprint density at radius 2 is 1.55 bits per heavy atom. The van der Waals surface area contributed by atoms with Crippen molar-refractivity contribution in [3.63, 3.8) is 0 Å². The molecule has 116 valence electrons. The Hall–Kier alpha value is -1.98. The lowest BCUT2D eigenvalue weighted by Crippen LogP contribution is -2.14. The van der Waals surface area contributed by atoms with Gasteiger partial charge in [0.25, 0.3) is 0 Å². The van der Waals surface area contributed by atoms with E-state index in [4.69, 9.17) is 37.4 Å². The van der Waals surface area contributed by atoms with E-state index < -0.39 is 11.6 Å². The second kappa shape index (κ2) is 6.42. The third kappa shape index (κ3) is 2.58. The number of methoxy groups -OCH3 is 3. The summed E-state index contributed by atoms with van der Waals surface area (Å²) in [5.41, 5.74) is 0.270. The van der Waals surface area contributed by atoms with Gasteiger partial charge in [-0.25, -0.2) is 0 Å². The van der Waals surface area contributed by atoms with Crippen LogP contribution in [-0.4, -0.2) is 32.9 Å². The van der Waals surface area contributed by atoms with Gasteiger partial charge in [-0.05, 0) is 12.1 Å². The third-order valence-electron chi connectivity index (χ3n) is 3.11. The average Bonchev–Trinajstić information content (AvgIpc) is 2.52. The predicted octanol–water partition coefficient (Wildman–Crippen LogP) is 2.94. The van der Waals surface area contributed by atoms with Crippen molar-refractivity contribution >= 4 is 40.3 Å². The fourth-order valence-corrected chi connectivity index (χ4v) is 2.56. The summed E-state index contributed by atoms with van der Waals surface area (Å²) < 4.78 is 15.7. The van der Waals surface area contributed by atoms with Crippen LogP contribution in [0.3, 0.4) is 0 Å². The maximum absolute atomic E-state index is 12.3. The molecule has 2 rings (SSSR count). The molecule has 1 aromatic carbocycles. The van der Waals surface area contributed by atoms with Crippen molar-refractivity contribution in [2.24, 2.45) is 0 Å². The summed E-state index contributed by atoms with van der Waals surface area (Å²) >= 11 is 11.8. The monoisotopic (exact) mass is 342 g/mol. The molecule has 0 saturated carbocycles. The molecule has 0 heterocycles. The van der Waals surface area contributed by atoms with Gasteiger partial charge in [-0.15, -0.1) is 0 Å². The van der Waals surface area contributed by atoms with Crippen molar-refractivity contribution in [2.75, 3.05) is 21.3 Å². The highest BCUT2D eigenvalue weighted by Crippen LogP contribution is 2.45. The molecule has 0 bridgehead atoms. The second-order valence-electron chi connectivity index (χ2n) is 4.26. The first-order valence-electron chi connectivity index (χ1n) is 6.11. The zero-order valence-electron chi connectivity index (χ0n) is 12.0. The SMILES string of the molecule is COc1ccc(C2=C(Cl)C(=O)C=C(Cl)C2=O)c(OC)c1OC. The number of hydrogen-bond donors (Lipinski definition) is 0. The summed E-state index contributed by atoms with van der Waals surface area (Å²) in [6.07, 6.45) is 0.989. The van der Waals surface area contributed by atoms with Gasteiger partial charge >= 0.3 is 0 Å². The maximum Gasteiger partial charge on any atom is 0.206 e. The Bertz CT molecular complexity index is 719. The molecule has 0 aliphatic heterocycles. The molecule has 0 spiro atoms. The number of allylic oxidation sites excluding steroid dienone is 4. The molecule has 0 N–H and O–H groups in total. The lowest BCUT2D eigenvalue weighted by Gasteiger charge is -2.19. The molecule has 1 aliphatic carbocycles. The number of ketones is 2. The van der Waals surface area contributed by atoms with E-state index in [1.807, 2.05) is 0 Å². The van der Waals surface area contributed by atoms with Gasteiger partial charge in [-0.1, -0.05) is 23.2 Å². The molecule has 0 saturated heterocycles. The number of ether oxygens (including phenoxy) is 3. The van der Waals surface area contributed by atoms with Crippen molar-refractivity contribution in [1.82, 2.24) is 0 Å².